The summed E-state index contributed by atoms with van der Waals surface area (Å²) in [6, 6.07) is 12.0. The second-order valence-electron chi connectivity index (χ2n) is 8.56. The van der Waals surface area contributed by atoms with Crippen molar-refractivity contribution in [3.8, 4) is 5.75 Å². The molecule has 0 aliphatic carbocycles. The number of nitrogens with zero attached hydrogens (tertiary/aromatic N) is 1. The summed E-state index contributed by atoms with van der Waals surface area (Å²) < 4.78 is 64.5. The fraction of sp³-hybridized carbons (Fsp3) is 0.320. The number of hydrogen-bond donors (Lipinski definition) is 2. The molecule has 1 aromatic heterocycles. The first-order valence-corrected chi connectivity index (χ1v) is 12.9. The van der Waals surface area contributed by atoms with Crippen LogP contribution >= 0.6 is 0 Å². The third kappa shape index (κ3) is 6.27. The summed E-state index contributed by atoms with van der Waals surface area (Å²) in [7, 11) is -5.70. The second-order valence-corrected chi connectivity index (χ2v) is 10.1. The number of para-hydroxylation sites is 1. The van der Waals surface area contributed by atoms with Gasteiger partial charge in [0.15, 0.2) is 0 Å². The van der Waals surface area contributed by atoms with E-state index in [0.29, 0.717) is 19.5 Å². The van der Waals surface area contributed by atoms with Gasteiger partial charge in [-0.15, -0.1) is 0 Å². The number of benzene rings is 2. The molecule has 1 aliphatic rings. The molecule has 0 saturated heterocycles. The maximum Gasteiger partial charge on any atom is 0.534 e. The van der Waals surface area contributed by atoms with E-state index < -0.39 is 15.6 Å². The third-order valence-corrected chi connectivity index (χ3v) is 6.97. The van der Waals surface area contributed by atoms with Crippen LogP contribution in [0.4, 0.5) is 13.2 Å². The van der Waals surface area contributed by atoms with Gasteiger partial charge in [-0.05, 0) is 66.8 Å². The third-order valence-electron chi connectivity index (χ3n) is 5.99. The number of aromatic nitrogens is 1. The Balaban J connectivity index is 1.20. The lowest BCUT2D eigenvalue weighted by molar-refractivity contribution is -0.116. The van der Waals surface area contributed by atoms with Gasteiger partial charge in [0, 0.05) is 42.8 Å². The molecule has 0 radical (unpaired) electrons. The molecule has 0 bridgehead atoms. The molecule has 0 spiro atoms. The van der Waals surface area contributed by atoms with Gasteiger partial charge >= 0.3 is 15.6 Å². The van der Waals surface area contributed by atoms with Crippen molar-refractivity contribution in [2.45, 2.75) is 31.3 Å². The van der Waals surface area contributed by atoms with Crippen LogP contribution in [0.3, 0.4) is 0 Å². The highest BCUT2D eigenvalue weighted by molar-refractivity contribution is 7.88. The van der Waals surface area contributed by atoms with Crippen molar-refractivity contribution in [2.24, 2.45) is 0 Å². The van der Waals surface area contributed by atoms with Crippen LogP contribution < -0.4 is 9.50 Å². The largest absolute Gasteiger partial charge is 0.534 e. The maximum atomic E-state index is 12.6. The van der Waals surface area contributed by atoms with Gasteiger partial charge < -0.3 is 14.5 Å². The van der Waals surface area contributed by atoms with Crippen molar-refractivity contribution in [1.82, 2.24) is 15.2 Å². The standard InChI is InChI=1S/C25H26F3N3O4S/c26-25(27,28)36(33,34)35-21-9-7-18-11-14-31(17-20(18)15-21)13-4-3-12-29-24(32)10-8-19-16-30-23-6-2-1-5-22(19)23/h1-2,5-10,15-16,30H,3-4,11-14,17H2,(H,29,32). The molecule has 0 unspecified atom stereocenters. The molecular weight excluding hydrogens is 495 g/mol. The zero-order chi connectivity index (χ0) is 25.8. The molecule has 2 aromatic carbocycles. The van der Waals surface area contributed by atoms with Crippen LogP contribution in [-0.4, -0.2) is 49.4 Å². The lowest BCUT2D eigenvalue weighted by Gasteiger charge is -2.29. The summed E-state index contributed by atoms with van der Waals surface area (Å²) in [5.41, 5.74) is -1.83. The topological polar surface area (TPSA) is 91.5 Å². The Labute approximate surface area is 207 Å². The average molecular weight is 522 g/mol. The molecule has 0 saturated carbocycles. The highest BCUT2D eigenvalue weighted by atomic mass is 32.2. The summed E-state index contributed by atoms with van der Waals surface area (Å²) in [6.07, 6.45) is 7.43. The Morgan fingerprint density at radius 2 is 1.94 bits per heavy atom. The summed E-state index contributed by atoms with van der Waals surface area (Å²) >= 11 is 0. The zero-order valence-electron chi connectivity index (χ0n) is 19.3. The highest BCUT2D eigenvalue weighted by Crippen LogP contribution is 2.29. The Bertz CT molecular complexity index is 1370. The highest BCUT2D eigenvalue weighted by Gasteiger charge is 2.48. The number of halogens is 3. The minimum absolute atomic E-state index is 0.173. The predicted octanol–water partition coefficient (Wildman–Crippen LogP) is 4.36. The van der Waals surface area contributed by atoms with Crippen molar-refractivity contribution in [3.05, 3.63) is 71.4 Å². The molecule has 1 amide bonds. The van der Waals surface area contributed by atoms with Gasteiger partial charge in [0.05, 0.1) is 0 Å². The molecule has 2 N–H and O–H groups in total. The van der Waals surface area contributed by atoms with E-state index >= 15 is 0 Å². The first-order chi connectivity index (χ1) is 17.1. The maximum absolute atomic E-state index is 12.6. The van der Waals surface area contributed by atoms with Crippen LogP contribution in [0.15, 0.2) is 54.7 Å². The van der Waals surface area contributed by atoms with Gasteiger partial charge in [0.25, 0.3) is 0 Å². The molecule has 4 rings (SSSR count). The smallest absolute Gasteiger partial charge is 0.376 e. The lowest BCUT2D eigenvalue weighted by Crippen LogP contribution is -2.32. The van der Waals surface area contributed by atoms with Gasteiger partial charge in [-0.2, -0.15) is 21.6 Å². The van der Waals surface area contributed by atoms with E-state index in [9.17, 15) is 26.4 Å². The molecule has 2 heterocycles. The number of fused-ring (bicyclic) bond motifs is 2. The number of amides is 1. The number of nitrogens with one attached hydrogen (secondary N) is 2. The number of unbranched alkanes of at least 4 members (excludes halogenated alkanes) is 1. The van der Waals surface area contributed by atoms with Crippen LogP contribution in [-0.2, 0) is 27.9 Å². The summed E-state index contributed by atoms with van der Waals surface area (Å²) in [6.45, 7) is 2.54. The van der Waals surface area contributed by atoms with Gasteiger partial charge in [0.1, 0.15) is 5.75 Å². The summed E-state index contributed by atoms with van der Waals surface area (Å²) in [5, 5.41) is 3.91. The molecule has 3 aromatic rings. The summed E-state index contributed by atoms with van der Waals surface area (Å²) in [4.78, 5) is 17.4. The van der Waals surface area contributed by atoms with E-state index in [4.69, 9.17) is 0 Å². The fourth-order valence-corrected chi connectivity index (χ4v) is 4.59. The number of carbonyl (C=O) groups excluding carboxylic acids is 1. The molecule has 36 heavy (non-hydrogen) atoms. The van der Waals surface area contributed by atoms with E-state index in [0.717, 1.165) is 53.5 Å². The van der Waals surface area contributed by atoms with Gasteiger partial charge in [-0.1, -0.05) is 24.3 Å². The van der Waals surface area contributed by atoms with E-state index in [1.807, 2.05) is 30.5 Å². The Kier molecular flexibility index (Phi) is 7.70. The van der Waals surface area contributed by atoms with Crippen LogP contribution in [0.2, 0.25) is 0 Å². The second kappa shape index (κ2) is 10.8. The van der Waals surface area contributed by atoms with Crippen molar-refractivity contribution in [3.63, 3.8) is 0 Å². The molecule has 7 nitrogen and oxygen atoms in total. The van der Waals surface area contributed by atoms with Crippen LogP contribution in [0.5, 0.6) is 5.75 Å². The number of H-pyrrole nitrogens is 1. The van der Waals surface area contributed by atoms with Crippen LogP contribution in [0.1, 0.15) is 29.5 Å². The van der Waals surface area contributed by atoms with Gasteiger partial charge in [0.2, 0.25) is 5.91 Å². The molecule has 11 heteroatoms. The minimum Gasteiger partial charge on any atom is -0.376 e. The lowest BCUT2D eigenvalue weighted by atomic mass is 9.99. The quantitative estimate of drug-likeness (QED) is 0.189. The first kappa shape index (κ1) is 25.8. The number of alkyl halides is 3. The Hall–Kier alpha value is -3.31. The molecule has 192 valence electrons. The molecule has 0 fully saturated rings. The molecule has 0 atom stereocenters. The van der Waals surface area contributed by atoms with Crippen molar-refractivity contribution < 1.29 is 30.6 Å². The Morgan fingerprint density at radius 1 is 1.14 bits per heavy atom. The monoisotopic (exact) mass is 521 g/mol. The number of hydrogen-bond acceptors (Lipinski definition) is 5. The average Bonchev–Trinajstić information content (AvgIpc) is 3.24. The number of aromatic amines is 1. The van der Waals surface area contributed by atoms with Crippen LogP contribution in [0, 0.1) is 0 Å². The minimum atomic E-state index is -5.70. The number of carbonyl (C=O) groups is 1. The SMILES string of the molecule is O=C(C=Cc1c[nH]c2ccccc12)NCCCCN1CCc2ccc(OS(=O)(=O)C(F)(F)F)cc2C1. The van der Waals surface area contributed by atoms with E-state index in [1.54, 1.807) is 12.1 Å². The normalized spacial score (nSPS) is 14.8. The number of rotatable bonds is 9. The van der Waals surface area contributed by atoms with Crippen molar-refractivity contribution in [2.75, 3.05) is 19.6 Å². The van der Waals surface area contributed by atoms with Gasteiger partial charge in [-0.25, -0.2) is 0 Å². The molecular formula is C25H26F3N3O4S. The van der Waals surface area contributed by atoms with E-state index in [-0.39, 0.29) is 11.7 Å². The first-order valence-electron chi connectivity index (χ1n) is 11.5. The van der Waals surface area contributed by atoms with Crippen LogP contribution in [0.25, 0.3) is 17.0 Å². The van der Waals surface area contributed by atoms with E-state index in [2.05, 4.69) is 19.4 Å². The van der Waals surface area contributed by atoms with Crippen molar-refractivity contribution in [1.29, 1.82) is 0 Å². The molecule has 1 aliphatic heterocycles. The van der Waals surface area contributed by atoms with Crippen molar-refractivity contribution >= 4 is 33.0 Å². The summed E-state index contributed by atoms with van der Waals surface area (Å²) in [5.74, 6) is -0.523. The Morgan fingerprint density at radius 3 is 2.75 bits per heavy atom. The van der Waals surface area contributed by atoms with E-state index in [1.165, 1.54) is 18.2 Å². The predicted molar refractivity (Wildman–Crippen MR) is 131 cm³/mol. The van der Waals surface area contributed by atoms with Gasteiger partial charge in [-0.3, -0.25) is 9.69 Å². The zero-order valence-corrected chi connectivity index (χ0v) is 20.2. The fourth-order valence-electron chi connectivity index (χ4n) is 4.14.